The topological polar surface area (TPSA) is 38.3 Å². The van der Waals surface area contributed by atoms with Gasteiger partial charge in [0.15, 0.2) is 0 Å². The van der Waals surface area contributed by atoms with Crippen molar-refractivity contribution in [3.8, 4) is 0 Å². The van der Waals surface area contributed by atoms with E-state index < -0.39 is 0 Å². The predicted molar refractivity (Wildman–Crippen MR) is 49.1 cm³/mol. The van der Waals surface area contributed by atoms with Crippen molar-refractivity contribution in [2.75, 3.05) is 6.61 Å². The molecule has 0 rings (SSSR count). The molecule has 0 aromatic carbocycles. The molecule has 0 unspecified atom stereocenters. The minimum absolute atomic E-state index is 0.205. The van der Waals surface area contributed by atoms with Crippen molar-refractivity contribution >= 4 is 6.09 Å². The molecule has 0 aliphatic heterocycles. The van der Waals surface area contributed by atoms with Gasteiger partial charge in [-0.05, 0) is 27.2 Å². The molecule has 0 fully saturated rings. The molecule has 12 heavy (non-hydrogen) atoms. The zero-order valence-corrected chi connectivity index (χ0v) is 8.44. The van der Waals surface area contributed by atoms with Gasteiger partial charge in [0, 0.05) is 5.54 Å². The molecule has 0 saturated carbocycles. The average molecular weight is 173 g/mol. The number of amides is 1. The number of unbranched alkanes of at least 4 members (excludes halogenated alkanes) is 1. The molecule has 0 aliphatic rings. The van der Waals surface area contributed by atoms with E-state index in [9.17, 15) is 4.79 Å². The maximum atomic E-state index is 11.0. The first-order chi connectivity index (χ1) is 5.45. The fraction of sp³-hybridized carbons (Fsp3) is 0.889. The van der Waals surface area contributed by atoms with Crippen LogP contribution >= 0.6 is 0 Å². The van der Waals surface area contributed by atoms with Gasteiger partial charge in [-0.15, -0.1) is 0 Å². The number of hydrogen-bond acceptors (Lipinski definition) is 2. The number of hydrogen-bond donors (Lipinski definition) is 1. The number of alkyl carbamates (subject to hydrolysis) is 1. The van der Waals surface area contributed by atoms with Crippen LogP contribution in [0.2, 0.25) is 0 Å². The van der Waals surface area contributed by atoms with Crippen molar-refractivity contribution in [1.82, 2.24) is 5.32 Å². The van der Waals surface area contributed by atoms with Crippen molar-refractivity contribution < 1.29 is 9.53 Å². The Morgan fingerprint density at radius 1 is 1.42 bits per heavy atom. The molecule has 72 valence electrons. The molecular weight excluding hydrogens is 154 g/mol. The third kappa shape index (κ3) is 7.38. The molecule has 0 aromatic rings. The van der Waals surface area contributed by atoms with E-state index in [-0.39, 0.29) is 11.6 Å². The van der Waals surface area contributed by atoms with Crippen LogP contribution in [0.5, 0.6) is 0 Å². The lowest BCUT2D eigenvalue weighted by Gasteiger charge is -2.19. The summed E-state index contributed by atoms with van der Waals surface area (Å²) >= 11 is 0. The summed E-state index contributed by atoms with van der Waals surface area (Å²) < 4.78 is 4.91. The molecule has 0 bridgehead atoms. The lowest BCUT2D eigenvalue weighted by Crippen LogP contribution is -2.41. The zero-order chi connectivity index (χ0) is 9.61. The largest absolute Gasteiger partial charge is 0.450 e. The van der Waals surface area contributed by atoms with Crippen molar-refractivity contribution in [3.05, 3.63) is 0 Å². The highest BCUT2D eigenvalue weighted by Gasteiger charge is 2.13. The minimum atomic E-state index is -0.323. The Morgan fingerprint density at radius 2 is 2.00 bits per heavy atom. The van der Waals surface area contributed by atoms with Crippen LogP contribution in [0.4, 0.5) is 4.79 Å². The average Bonchev–Trinajstić information content (AvgIpc) is 1.84. The van der Waals surface area contributed by atoms with Crippen LogP contribution in [-0.2, 0) is 4.74 Å². The summed E-state index contributed by atoms with van der Waals surface area (Å²) in [6.45, 7) is 8.35. The van der Waals surface area contributed by atoms with Crippen LogP contribution in [0.15, 0.2) is 0 Å². The number of carbonyl (C=O) groups excluding carboxylic acids is 1. The number of rotatable bonds is 3. The second kappa shape index (κ2) is 5.01. The predicted octanol–water partition coefficient (Wildman–Crippen LogP) is 2.31. The lowest BCUT2D eigenvalue weighted by molar-refractivity contribution is 0.136. The highest BCUT2D eigenvalue weighted by atomic mass is 16.5. The molecule has 0 saturated heterocycles. The van der Waals surface area contributed by atoms with Crippen molar-refractivity contribution in [2.45, 2.75) is 46.1 Å². The molecule has 0 heterocycles. The highest BCUT2D eigenvalue weighted by molar-refractivity contribution is 5.67. The Kier molecular flexibility index (Phi) is 4.71. The zero-order valence-electron chi connectivity index (χ0n) is 8.44. The van der Waals surface area contributed by atoms with E-state index in [1.165, 1.54) is 0 Å². The van der Waals surface area contributed by atoms with Gasteiger partial charge in [0.25, 0.3) is 0 Å². The second-order valence-electron chi connectivity index (χ2n) is 3.86. The maximum Gasteiger partial charge on any atom is 0.407 e. The van der Waals surface area contributed by atoms with Crippen LogP contribution in [0, 0.1) is 0 Å². The van der Waals surface area contributed by atoms with E-state index in [4.69, 9.17) is 4.74 Å². The Labute approximate surface area is 74.5 Å². The van der Waals surface area contributed by atoms with Crippen molar-refractivity contribution in [2.24, 2.45) is 0 Å². The van der Waals surface area contributed by atoms with Crippen LogP contribution < -0.4 is 5.32 Å². The minimum Gasteiger partial charge on any atom is -0.450 e. The third-order valence-corrected chi connectivity index (χ3v) is 1.21. The number of carbonyl (C=O) groups is 1. The van der Waals surface area contributed by atoms with Gasteiger partial charge in [-0.25, -0.2) is 4.79 Å². The summed E-state index contributed by atoms with van der Waals surface area (Å²) in [5.74, 6) is 0. The van der Waals surface area contributed by atoms with E-state index in [0.29, 0.717) is 6.61 Å². The molecular formula is C9H19NO2. The first-order valence-electron chi connectivity index (χ1n) is 4.40. The fourth-order valence-corrected chi connectivity index (χ4v) is 0.651. The SMILES string of the molecule is CCCCOC(=O)NC(C)(C)C. The summed E-state index contributed by atoms with van der Waals surface area (Å²) in [5, 5.41) is 2.72. The third-order valence-electron chi connectivity index (χ3n) is 1.21. The molecule has 1 N–H and O–H groups in total. The number of nitrogens with one attached hydrogen (secondary N) is 1. The lowest BCUT2D eigenvalue weighted by atomic mass is 10.1. The van der Waals surface area contributed by atoms with Crippen molar-refractivity contribution in [1.29, 1.82) is 0 Å². The quantitative estimate of drug-likeness (QED) is 0.665. The Bertz CT molecular complexity index is 138. The van der Waals surface area contributed by atoms with Gasteiger partial charge < -0.3 is 10.1 Å². The van der Waals surface area contributed by atoms with Crippen LogP contribution in [0.3, 0.4) is 0 Å². The summed E-state index contributed by atoms with van der Waals surface area (Å²) in [7, 11) is 0. The van der Waals surface area contributed by atoms with Crippen LogP contribution in [-0.4, -0.2) is 18.2 Å². The first kappa shape index (κ1) is 11.3. The molecule has 3 heteroatoms. The molecule has 1 amide bonds. The fourth-order valence-electron chi connectivity index (χ4n) is 0.651. The van der Waals surface area contributed by atoms with E-state index in [1.807, 2.05) is 20.8 Å². The van der Waals surface area contributed by atoms with E-state index in [1.54, 1.807) is 0 Å². The van der Waals surface area contributed by atoms with E-state index >= 15 is 0 Å². The molecule has 0 radical (unpaired) electrons. The standard InChI is InChI=1S/C9H19NO2/c1-5-6-7-12-8(11)10-9(2,3)4/h5-7H2,1-4H3,(H,10,11). The molecule has 0 atom stereocenters. The monoisotopic (exact) mass is 173 g/mol. The van der Waals surface area contributed by atoms with Crippen LogP contribution in [0.1, 0.15) is 40.5 Å². The summed E-state index contributed by atoms with van der Waals surface area (Å²) in [6.07, 6.45) is 1.65. The first-order valence-corrected chi connectivity index (χ1v) is 4.40. The van der Waals surface area contributed by atoms with Gasteiger partial charge >= 0.3 is 6.09 Å². The molecule has 3 nitrogen and oxygen atoms in total. The van der Waals surface area contributed by atoms with E-state index in [2.05, 4.69) is 12.2 Å². The van der Waals surface area contributed by atoms with Crippen LogP contribution in [0.25, 0.3) is 0 Å². The van der Waals surface area contributed by atoms with Gasteiger partial charge in [0.1, 0.15) is 0 Å². The summed E-state index contributed by atoms with van der Waals surface area (Å²) in [4.78, 5) is 11.0. The molecule has 0 aromatic heterocycles. The maximum absolute atomic E-state index is 11.0. The second-order valence-corrected chi connectivity index (χ2v) is 3.86. The Balaban J connectivity index is 3.47. The Hall–Kier alpha value is -0.730. The highest BCUT2D eigenvalue weighted by Crippen LogP contribution is 1.99. The van der Waals surface area contributed by atoms with Gasteiger partial charge in [-0.1, -0.05) is 13.3 Å². The summed E-state index contributed by atoms with van der Waals surface area (Å²) in [5.41, 5.74) is -0.205. The van der Waals surface area contributed by atoms with Gasteiger partial charge in [0.05, 0.1) is 6.61 Å². The van der Waals surface area contributed by atoms with Gasteiger partial charge in [0.2, 0.25) is 0 Å². The van der Waals surface area contributed by atoms with Gasteiger partial charge in [-0.2, -0.15) is 0 Å². The normalized spacial score (nSPS) is 11.0. The molecule has 0 spiro atoms. The van der Waals surface area contributed by atoms with Gasteiger partial charge in [-0.3, -0.25) is 0 Å². The van der Waals surface area contributed by atoms with E-state index in [0.717, 1.165) is 12.8 Å². The smallest absolute Gasteiger partial charge is 0.407 e. The Morgan fingerprint density at radius 3 is 2.42 bits per heavy atom. The number of ether oxygens (including phenoxy) is 1. The summed E-state index contributed by atoms with van der Waals surface area (Å²) in [6, 6.07) is 0. The molecule has 0 aliphatic carbocycles. The van der Waals surface area contributed by atoms with Crippen molar-refractivity contribution in [3.63, 3.8) is 0 Å².